The molecule has 17 nitrogen and oxygen atoms in total. The molecule has 17 heteroatoms. The van der Waals surface area contributed by atoms with Gasteiger partial charge in [0.15, 0.2) is 11.3 Å². The smallest absolute Gasteiger partial charge is 0.312 e. The minimum Gasteiger partial charge on any atom is -0.507 e. The standard InChI is InChI=1S/C52H66N4O13/c1-27-15-13-16-28(2)51(63)54-42-46(61)38-37(41-49(42)68-36-18-14-17-35(40(36)53-41)65-25-12-11-20-56-23-21-55(9)22-24-56)39-48(32(6)45(38)60)69-52(8,50(39)62)66-26-19-34(64-10)29(3)47(67-33(7)57)31(5)44(59)30(4)43(27)58/h13-19,26-27,29-31,34,43-44,47,58-60H,11-12,20-25H2,1-10H3,(H,54,63)/b15-13+,26-19+,28-16-/t27-,29+,30+,31+,34-,43-,44+,47+,52-/m0/s1. The number of ketones is 1. The van der Waals surface area contributed by atoms with E-state index in [4.69, 9.17) is 33.1 Å². The van der Waals surface area contributed by atoms with Crippen molar-refractivity contribution in [1.29, 1.82) is 0 Å². The van der Waals surface area contributed by atoms with Gasteiger partial charge >= 0.3 is 11.8 Å². The van der Waals surface area contributed by atoms with Crippen molar-refractivity contribution in [3.05, 3.63) is 75.7 Å². The quantitative estimate of drug-likeness (QED) is 0.0654. The van der Waals surface area contributed by atoms with E-state index in [0.29, 0.717) is 12.4 Å². The number of carbonyl (C=O) groups is 3. The third-order valence-corrected chi connectivity index (χ3v) is 14.1. The number of methoxy groups -OCH3 is 1. The summed E-state index contributed by atoms with van der Waals surface area (Å²) in [6.07, 6.45) is 5.32. The number of likely N-dealkylation sites (N-methyl/N-ethyl adjacent to an activating group) is 1. The average molecular weight is 955 g/mol. The molecule has 372 valence electrons. The van der Waals surface area contributed by atoms with Crippen LogP contribution in [0.15, 0.2) is 63.6 Å². The molecule has 0 saturated carbocycles. The fourth-order valence-corrected chi connectivity index (χ4v) is 9.61. The van der Waals surface area contributed by atoms with E-state index in [2.05, 4.69) is 22.2 Å². The van der Waals surface area contributed by atoms with E-state index in [0.717, 1.165) is 45.6 Å². The van der Waals surface area contributed by atoms with Gasteiger partial charge in [0.05, 0.1) is 42.1 Å². The first-order valence-electron chi connectivity index (χ1n) is 23.7. The molecule has 0 unspecified atom stereocenters. The van der Waals surface area contributed by atoms with Crippen molar-refractivity contribution in [3.63, 3.8) is 0 Å². The molecular weight excluding hydrogens is 889 g/mol. The molecule has 69 heavy (non-hydrogen) atoms. The Kier molecular flexibility index (Phi) is 15.5. The number of hydrogen-bond acceptors (Lipinski definition) is 16. The van der Waals surface area contributed by atoms with Gasteiger partial charge in [0.25, 0.3) is 11.7 Å². The molecule has 1 amide bonds. The number of aromatic nitrogens is 1. The number of unbranched alkanes of at least 4 members (excludes halogenated alkanes) is 1. The first-order chi connectivity index (χ1) is 32.8. The molecule has 1 aliphatic carbocycles. The van der Waals surface area contributed by atoms with Gasteiger partial charge in [-0.1, -0.05) is 52.0 Å². The number of allylic oxidation sites excluding steroid dienone is 2. The molecular formula is C52H66N4O13. The number of esters is 1. The molecule has 0 aromatic heterocycles. The summed E-state index contributed by atoms with van der Waals surface area (Å²) in [5.41, 5.74) is -0.573. The van der Waals surface area contributed by atoms with E-state index in [-0.39, 0.29) is 61.5 Å². The molecule has 0 radical (unpaired) electrons. The Morgan fingerprint density at radius 1 is 0.971 bits per heavy atom. The average Bonchev–Trinajstić information content (AvgIpc) is 3.59. The maximum atomic E-state index is 14.9. The van der Waals surface area contributed by atoms with E-state index in [9.17, 15) is 34.5 Å². The van der Waals surface area contributed by atoms with Gasteiger partial charge in [-0.05, 0) is 58.5 Å². The van der Waals surface area contributed by atoms with Crippen LogP contribution in [0, 0.1) is 30.6 Å². The molecule has 1 saturated heterocycles. The Morgan fingerprint density at radius 2 is 1.70 bits per heavy atom. The highest BCUT2D eigenvalue weighted by Gasteiger charge is 2.50. The van der Waals surface area contributed by atoms with Gasteiger partial charge in [0.1, 0.15) is 40.3 Å². The largest absolute Gasteiger partial charge is 0.507 e. The number of amides is 1. The lowest BCUT2D eigenvalue weighted by molar-refractivity contribution is -0.160. The van der Waals surface area contributed by atoms with Crippen LogP contribution in [0.1, 0.15) is 77.2 Å². The van der Waals surface area contributed by atoms with Gasteiger partial charge in [0, 0.05) is 87.3 Å². The highest BCUT2D eigenvalue weighted by Crippen LogP contribution is 2.51. The van der Waals surface area contributed by atoms with E-state index < -0.39 is 82.7 Å². The lowest BCUT2D eigenvalue weighted by Gasteiger charge is -2.38. The first-order valence-corrected chi connectivity index (χ1v) is 23.7. The minimum absolute atomic E-state index is 0.0316. The summed E-state index contributed by atoms with van der Waals surface area (Å²) in [5.74, 6) is -6.88. The Hall–Kier alpha value is -5.85. The number of aromatic hydroxyl groups is 1. The van der Waals surface area contributed by atoms with Crippen molar-refractivity contribution in [2.24, 2.45) is 23.7 Å². The summed E-state index contributed by atoms with van der Waals surface area (Å²) < 4.78 is 36.9. The van der Waals surface area contributed by atoms with Crippen molar-refractivity contribution < 1.29 is 57.8 Å². The highest BCUT2D eigenvalue weighted by molar-refractivity contribution is 6.22. The van der Waals surface area contributed by atoms with Crippen LogP contribution in [0.4, 0.5) is 5.69 Å². The fourth-order valence-electron chi connectivity index (χ4n) is 9.61. The summed E-state index contributed by atoms with van der Waals surface area (Å²) in [6.45, 7) is 18.1. The number of aliphatic hydroxyl groups is 2. The third kappa shape index (κ3) is 10.2. The van der Waals surface area contributed by atoms with E-state index in [1.165, 1.54) is 53.2 Å². The summed E-state index contributed by atoms with van der Waals surface area (Å²) in [6, 6.07) is 5.13. The number of ether oxygens (including phenoxy) is 5. The number of nitrogens with one attached hydrogen (secondary N) is 1. The number of piperazine rings is 1. The maximum Gasteiger partial charge on any atom is 0.312 e. The fraction of sp³-hybridized carbons (Fsp3) is 0.519. The molecule has 4 N–H and O–H groups in total. The number of hydrogen-bond donors (Lipinski definition) is 4. The van der Waals surface area contributed by atoms with Crippen molar-refractivity contribution in [1.82, 2.24) is 14.8 Å². The van der Waals surface area contributed by atoms with Crippen LogP contribution in [0.25, 0.3) is 33.3 Å². The van der Waals surface area contributed by atoms with Crippen LogP contribution in [0.5, 0.6) is 17.2 Å². The monoisotopic (exact) mass is 954 g/mol. The van der Waals surface area contributed by atoms with E-state index >= 15 is 0 Å². The number of Topliss-reactive ketones (excluding diaryl/α,β-unsaturated/α-hetero) is 1. The molecule has 2 aromatic rings. The van der Waals surface area contributed by atoms with Gasteiger partial charge in [-0.2, -0.15) is 0 Å². The zero-order chi connectivity index (χ0) is 50.1. The first kappa shape index (κ1) is 51.0. The number of rotatable bonds is 8. The molecule has 4 bridgehead atoms. The number of anilines is 1. The Labute approximate surface area is 402 Å². The molecule has 7 rings (SSSR count). The van der Waals surface area contributed by atoms with Crippen molar-refractivity contribution in [2.45, 2.75) is 98.4 Å². The van der Waals surface area contributed by atoms with Crippen LogP contribution in [-0.2, 0) is 23.8 Å². The van der Waals surface area contributed by atoms with Crippen LogP contribution in [0.2, 0.25) is 0 Å². The second kappa shape index (κ2) is 21.0. The summed E-state index contributed by atoms with van der Waals surface area (Å²) in [5, 5.41) is 37.3. The van der Waals surface area contributed by atoms with Crippen LogP contribution in [-0.4, -0.2) is 131 Å². The van der Waals surface area contributed by atoms with Gasteiger partial charge in [-0.25, -0.2) is 4.98 Å². The van der Waals surface area contributed by atoms with Crippen LogP contribution < -0.4 is 20.2 Å². The van der Waals surface area contributed by atoms with Crippen LogP contribution in [0.3, 0.4) is 0 Å². The van der Waals surface area contributed by atoms with Gasteiger partial charge in [-0.15, -0.1) is 0 Å². The Balaban J connectivity index is 1.36. The second-order valence-corrected chi connectivity index (χ2v) is 19.0. The number of nitrogens with zero attached hydrogens (tertiary/aromatic N) is 3. The van der Waals surface area contributed by atoms with Gasteiger partial charge in [-0.3, -0.25) is 19.2 Å². The topological polar surface area (TPSA) is 220 Å². The number of phenolic OH excluding ortho intramolecular Hbond substituents is 1. The number of phenols is 1. The van der Waals surface area contributed by atoms with Crippen molar-refractivity contribution in [2.75, 3.05) is 58.8 Å². The van der Waals surface area contributed by atoms with Gasteiger partial charge in [0.2, 0.25) is 5.43 Å². The maximum absolute atomic E-state index is 14.9. The summed E-state index contributed by atoms with van der Waals surface area (Å²) in [7, 11) is 3.58. The normalized spacial score (nSPS) is 29.4. The van der Waals surface area contributed by atoms with Crippen LogP contribution >= 0.6 is 0 Å². The third-order valence-electron chi connectivity index (χ3n) is 14.1. The lowest BCUT2D eigenvalue weighted by Crippen LogP contribution is -2.46. The molecule has 0 spiro atoms. The SMILES string of the molecule is CO[C@H]1/C=C/O[C@@]2(C)Oc3c(C)c(O)c4c(=O)c(c5oc6cccc(OCCCCN7CCN(C)CC7)c6nc-5c4c3C2=O)NC(=O)/C(C)=C\C=C\[C@H](C)[C@H](O)[C@@H](C)[C@@H](O)[C@@H](C)[C@H](OC(C)=O)[C@@H]1C. The number of fused-ring (bicyclic) bond motifs is 2. The molecule has 1 fully saturated rings. The highest BCUT2D eigenvalue weighted by atomic mass is 16.7. The molecule has 9 atom stereocenters. The Morgan fingerprint density at radius 3 is 2.39 bits per heavy atom. The summed E-state index contributed by atoms with van der Waals surface area (Å²) in [4.78, 5) is 66.0. The lowest BCUT2D eigenvalue weighted by atomic mass is 9.78. The van der Waals surface area contributed by atoms with Crippen molar-refractivity contribution in [3.8, 4) is 28.7 Å². The van der Waals surface area contributed by atoms with E-state index in [1.807, 2.05) is 0 Å². The minimum atomic E-state index is -2.05. The molecule has 4 heterocycles. The second-order valence-electron chi connectivity index (χ2n) is 19.0. The van der Waals surface area contributed by atoms with E-state index in [1.54, 1.807) is 58.0 Å². The predicted octanol–water partition coefficient (Wildman–Crippen LogP) is 6.36. The zero-order valence-electron chi connectivity index (χ0n) is 41.2. The summed E-state index contributed by atoms with van der Waals surface area (Å²) >= 11 is 0. The van der Waals surface area contributed by atoms with Gasteiger partial charge < -0.3 is 58.5 Å². The predicted molar refractivity (Wildman–Crippen MR) is 260 cm³/mol. The number of aliphatic hydroxyl groups excluding tert-OH is 2. The van der Waals surface area contributed by atoms with Crippen molar-refractivity contribution >= 4 is 45.2 Å². The number of para-hydroxylation sites is 1. The molecule has 2 aromatic carbocycles. The number of carbonyl (C=O) groups excluding carboxylic acids is 3. The Bertz CT molecular complexity index is 2700. The molecule has 4 aliphatic heterocycles. The zero-order valence-corrected chi connectivity index (χ0v) is 41.2. The molecule has 5 aliphatic rings. The number of benzene rings is 3.